The standard InChI is InChI=1S/C12H20N2/c1-4-6-11(2)14(3)10-12-7-5-8-13-9-12/h5,7-9,11H,4,6,10H2,1-3H3. The van der Waals surface area contributed by atoms with E-state index in [2.05, 4.69) is 36.8 Å². The van der Waals surface area contributed by atoms with Crippen LogP contribution in [0.25, 0.3) is 0 Å². The lowest BCUT2D eigenvalue weighted by atomic mass is 10.1. The van der Waals surface area contributed by atoms with Gasteiger partial charge in [-0.25, -0.2) is 0 Å². The first-order valence-corrected chi connectivity index (χ1v) is 5.33. The zero-order chi connectivity index (χ0) is 10.4. The molecule has 0 fully saturated rings. The van der Waals surface area contributed by atoms with Gasteiger partial charge in [0, 0.05) is 25.0 Å². The fraction of sp³-hybridized carbons (Fsp3) is 0.583. The van der Waals surface area contributed by atoms with Crippen LogP contribution in [0.5, 0.6) is 0 Å². The SMILES string of the molecule is CCCC(C)N(C)Cc1cccnc1. The highest BCUT2D eigenvalue weighted by Gasteiger charge is 2.07. The lowest BCUT2D eigenvalue weighted by Crippen LogP contribution is -2.28. The van der Waals surface area contributed by atoms with Gasteiger partial charge >= 0.3 is 0 Å². The molecule has 1 heterocycles. The Labute approximate surface area is 87.0 Å². The quantitative estimate of drug-likeness (QED) is 0.713. The van der Waals surface area contributed by atoms with E-state index in [1.807, 2.05) is 18.5 Å². The van der Waals surface area contributed by atoms with Crippen LogP contribution >= 0.6 is 0 Å². The van der Waals surface area contributed by atoms with E-state index in [1.165, 1.54) is 18.4 Å². The number of nitrogens with zero attached hydrogens (tertiary/aromatic N) is 2. The van der Waals surface area contributed by atoms with Crippen molar-refractivity contribution in [2.75, 3.05) is 7.05 Å². The fourth-order valence-corrected chi connectivity index (χ4v) is 1.57. The number of hydrogen-bond donors (Lipinski definition) is 0. The maximum atomic E-state index is 4.12. The molecule has 0 saturated carbocycles. The minimum Gasteiger partial charge on any atom is -0.299 e. The van der Waals surface area contributed by atoms with Crippen LogP contribution in [0, 0.1) is 0 Å². The Kier molecular flexibility index (Phi) is 4.60. The van der Waals surface area contributed by atoms with Crippen molar-refractivity contribution in [3.63, 3.8) is 0 Å². The van der Waals surface area contributed by atoms with E-state index in [0.717, 1.165) is 6.54 Å². The van der Waals surface area contributed by atoms with Gasteiger partial charge in [0.15, 0.2) is 0 Å². The van der Waals surface area contributed by atoms with Crippen molar-refractivity contribution >= 4 is 0 Å². The molecular formula is C12H20N2. The van der Waals surface area contributed by atoms with E-state index < -0.39 is 0 Å². The zero-order valence-corrected chi connectivity index (χ0v) is 9.40. The average Bonchev–Trinajstić information content (AvgIpc) is 2.19. The predicted octanol–water partition coefficient (Wildman–Crippen LogP) is 2.70. The third-order valence-corrected chi connectivity index (χ3v) is 2.61. The Bertz CT molecular complexity index is 246. The van der Waals surface area contributed by atoms with Gasteiger partial charge in [0.2, 0.25) is 0 Å². The van der Waals surface area contributed by atoms with Gasteiger partial charge in [0.05, 0.1) is 0 Å². The van der Waals surface area contributed by atoms with Gasteiger partial charge < -0.3 is 0 Å². The first-order chi connectivity index (χ1) is 6.74. The summed E-state index contributed by atoms with van der Waals surface area (Å²) >= 11 is 0. The molecule has 0 aliphatic rings. The van der Waals surface area contributed by atoms with Crippen molar-refractivity contribution in [1.82, 2.24) is 9.88 Å². The Morgan fingerprint density at radius 1 is 1.50 bits per heavy atom. The lowest BCUT2D eigenvalue weighted by molar-refractivity contribution is 0.236. The maximum absolute atomic E-state index is 4.12. The maximum Gasteiger partial charge on any atom is 0.0312 e. The van der Waals surface area contributed by atoms with E-state index in [9.17, 15) is 0 Å². The zero-order valence-electron chi connectivity index (χ0n) is 9.40. The molecular weight excluding hydrogens is 172 g/mol. The van der Waals surface area contributed by atoms with Gasteiger partial charge in [-0.05, 0) is 32.0 Å². The Hall–Kier alpha value is -0.890. The highest BCUT2D eigenvalue weighted by atomic mass is 15.1. The summed E-state index contributed by atoms with van der Waals surface area (Å²) in [7, 11) is 2.17. The summed E-state index contributed by atoms with van der Waals surface area (Å²) in [4.78, 5) is 6.49. The Morgan fingerprint density at radius 3 is 2.86 bits per heavy atom. The summed E-state index contributed by atoms with van der Waals surface area (Å²) in [5.41, 5.74) is 1.29. The molecule has 1 aromatic heterocycles. The normalized spacial score (nSPS) is 13.1. The van der Waals surface area contributed by atoms with Gasteiger partial charge in [0.25, 0.3) is 0 Å². The van der Waals surface area contributed by atoms with Gasteiger partial charge in [-0.3, -0.25) is 9.88 Å². The molecule has 0 bridgehead atoms. The van der Waals surface area contributed by atoms with Crippen molar-refractivity contribution in [2.45, 2.75) is 39.3 Å². The number of hydrogen-bond acceptors (Lipinski definition) is 2. The van der Waals surface area contributed by atoms with Crippen LogP contribution in [0.3, 0.4) is 0 Å². The van der Waals surface area contributed by atoms with Gasteiger partial charge in [0.1, 0.15) is 0 Å². The van der Waals surface area contributed by atoms with Gasteiger partial charge in [-0.1, -0.05) is 19.4 Å². The second-order valence-electron chi connectivity index (χ2n) is 3.91. The highest BCUT2D eigenvalue weighted by Crippen LogP contribution is 2.08. The van der Waals surface area contributed by atoms with E-state index in [1.54, 1.807) is 0 Å². The molecule has 1 atom stereocenters. The summed E-state index contributed by atoms with van der Waals surface area (Å²) < 4.78 is 0. The number of rotatable bonds is 5. The van der Waals surface area contributed by atoms with Crippen molar-refractivity contribution < 1.29 is 0 Å². The minimum atomic E-state index is 0.653. The van der Waals surface area contributed by atoms with E-state index >= 15 is 0 Å². The summed E-state index contributed by atoms with van der Waals surface area (Å²) in [6.45, 7) is 5.50. The monoisotopic (exact) mass is 192 g/mol. The van der Waals surface area contributed by atoms with Crippen LogP contribution in [-0.4, -0.2) is 23.0 Å². The van der Waals surface area contributed by atoms with Crippen LogP contribution in [0.2, 0.25) is 0 Å². The number of aromatic nitrogens is 1. The van der Waals surface area contributed by atoms with Crippen molar-refractivity contribution in [3.05, 3.63) is 30.1 Å². The third-order valence-electron chi connectivity index (χ3n) is 2.61. The van der Waals surface area contributed by atoms with Gasteiger partial charge in [-0.15, -0.1) is 0 Å². The molecule has 1 rings (SSSR count). The molecule has 14 heavy (non-hydrogen) atoms. The molecule has 2 nitrogen and oxygen atoms in total. The average molecular weight is 192 g/mol. The molecule has 0 aliphatic heterocycles. The molecule has 78 valence electrons. The minimum absolute atomic E-state index is 0.653. The predicted molar refractivity (Wildman–Crippen MR) is 60.1 cm³/mol. The summed E-state index contributed by atoms with van der Waals surface area (Å²) in [5, 5.41) is 0. The van der Waals surface area contributed by atoms with Crippen LogP contribution in [-0.2, 0) is 6.54 Å². The highest BCUT2D eigenvalue weighted by molar-refractivity contribution is 5.08. The molecule has 0 radical (unpaired) electrons. The summed E-state index contributed by atoms with van der Waals surface area (Å²) in [6, 6.07) is 4.77. The second kappa shape index (κ2) is 5.76. The van der Waals surface area contributed by atoms with Crippen LogP contribution in [0.15, 0.2) is 24.5 Å². The molecule has 1 aromatic rings. The fourth-order valence-electron chi connectivity index (χ4n) is 1.57. The van der Waals surface area contributed by atoms with E-state index in [4.69, 9.17) is 0 Å². The summed E-state index contributed by atoms with van der Waals surface area (Å²) in [5.74, 6) is 0. The van der Waals surface area contributed by atoms with Crippen molar-refractivity contribution in [1.29, 1.82) is 0 Å². The second-order valence-corrected chi connectivity index (χ2v) is 3.91. The number of pyridine rings is 1. The molecule has 0 amide bonds. The molecule has 0 aliphatic carbocycles. The van der Waals surface area contributed by atoms with Crippen LogP contribution < -0.4 is 0 Å². The summed E-state index contributed by atoms with van der Waals surface area (Å²) in [6.07, 6.45) is 6.27. The first-order valence-electron chi connectivity index (χ1n) is 5.33. The first kappa shape index (κ1) is 11.2. The lowest BCUT2D eigenvalue weighted by Gasteiger charge is -2.24. The molecule has 0 spiro atoms. The Balaban J connectivity index is 2.44. The smallest absolute Gasteiger partial charge is 0.0312 e. The molecule has 1 unspecified atom stereocenters. The Morgan fingerprint density at radius 2 is 2.29 bits per heavy atom. The molecule has 0 aromatic carbocycles. The van der Waals surface area contributed by atoms with E-state index in [0.29, 0.717) is 6.04 Å². The topological polar surface area (TPSA) is 16.1 Å². The van der Waals surface area contributed by atoms with Crippen LogP contribution in [0.1, 0.15) is 32.3 Å². The van der Waals surface area contributed by atoms with E-state index in [-0.39, 0.29) is 0 Å². The van der Waals surface area contributed by atoms with Crippen molar-refractivity contribution in [2.24, 2.45) is 0 Å². The van der Waals surface area contributed by atoms with Crippen LogP contribution in [0.4, 0.5) is 0 Å². The molecule has 2 heteroatoms. The molecule has 0 saturated heterocycles. The van der Waals surface area contributed by atoms with Gasteiger partial charge in [-0.2, -0.15) is 0 Å². The third kappa shape index (κ3) is 3.46. The largest absolute Gasteiger partial charge is 0.299 e. The molecule has 0 N–H and O–H groups in total. The van der Waals surface area contributed by atoms with Crippen molar-refractivity contribution in [3.8, 4) is 0 Å².